The van der Waals surface area contributed by atoms with Crippen LogP contribution in [0.5, 0.6) is 0 Å². The van der Waals surface area contributed by atoms with Crippen LogP contribution in [-0.2, 0) is 13.1 Å². The Bertz CT molecular complexity index is 580. The highest BCUT2D eigenvalue weighted by Gasteiger charge is 2.08. The largest absolute Gasteiger partial charge is 0.220 e. The van der Waals surface area contributed by atoms with Gasteiger partial charge in [-0.15, -0.1) is 10.2 Å². The lowest BCUT2D eigenvalue weighted by Crippen LogP contribution is -2.07. The first kappa shape index (κ1) is 18.9. The van der Waals surface area contributed by atoms with Gasteiger partial charge in [-0.1, -0.05) is 63.4 Å². The molecule has 0 saturated carbocycles. The fourth-order valence-corrected chi connectivity index (χ4v) is 3.37. The van der Waals surface area contributed by atoms with E-state index in [2.05, 4.69) is 70.9 Å². The van der Waals surface area contributed by atoms with E-state index in [0.29, 0.717) is 11.8 Å². The van der Waals surface area contributed by atoms with Crippen LogP contribution in [0.15, 0.2) is 22.5 Å². The quantitative estimate of drug-likeness (QED) is 0.467. The van der Waals surface area contributed by atoms with Gasteiger partial charge in [-0.3, -0.25) is 0 Å². The van der Waals surface area contributed by atoms with Crippen molar-refractivity contribution in [2.75, 3.05) is 11.5 Å². The minimum Gasteiger partial charge on any atom is -0.220 e. The molecule has 8 nitrogen and oxygen atoms in total. The highest BCUT2D eigenvalue weighted by Crippen LogP contribution is 2.17. The van der Waals surface area contributed by atoms with Crippen LogP contribution in [0, 0.1) is 11.8 Å². The zero-order chi connectivity index (χ0) is 17.4. The molecule has 0 aliphatic heterocycles. The Balaban J connectivity index is 1.72. The summed E-state index contributed by atoms with van der Waals surface area (Å²) in [7, 11) is 0. The van der Waals surface area contributed by atoms with Gasteiger partial charge in [0.25, 0.3) is 0 Å². The highest BCUT2D eigenvalue weighted by atomic mass is 32.2. The number of rotatable bonds is 10. The van der Waals surface area contributed by atoms with E-state index in [1.54, 1.807) is 23.5 Å². The molecule has 0 N–H and O–H groups in total. The van der Waals surface area contributed by atoms with Gasteiger partial charge in [-0.2, -0.15) is 0 Å². The van der Waals surface area contributed by atoms with Crippen LogP contribution in [0.1, 0.15) is 27.7 Å². The molecule has 0 saturated heterocycles. The van der Waals surface area contributed by atoms with Gasteiger partial charge in [0.1, 0.15) is 0 Å². The molecule has 0 atom stereocenters. The minimum absolute atomic E-state index is 0.525. The van der Waals surface area contributed by atoms with E-state index in [1.807, 2.05) is 9.36 Å². The summed E-state index contributed by atoms with van der Waals surface area (Å²) in [5.41, 5.74) is 0. The lowest BCUT2D eigenvalue weighted by atomic mass is 10.2. The topological polar surface area (TPSA) is 87.2 Å². The molecule has 0 radical (unpaired) electrons. The Morgan fingerprint density at radius 3 is 1.58 bits per heavy atom. The summed E-state index contributed by atoms with van der Waals surface area (Å²) in [6.45, 7) is 10.3. The van der Waals surface area contributed by atoms with Crippen LogP contribution in [0.25, 0.3) is 0 Å². The predicted octanol–water partition coefficient (Wildman–Crippen LogP) is 2.41. The predicted molar refractivity (Wildman–Crippen MR) is 95.9 cm³/mol. The SMILES string of the molecule is CC(C)Cn1nnnc1SCC=CCSc1nnnn1CC(C)C. The van der Waals surface area contributed by atoms with E-state index in [-0.39, 0.29) is 0 Å². The van der Waals surface area contributed by atoms with Crippen LogP contribution < -0.4 is 0 Å². The van der Waals surface area contributed by atoms with Gasteiger partial charge in [-0.25, -0.2) is 9.36 Å². The van der Waals surface area contributed by atoms with E-state index in [0.717, 1.165) is 34.9 Å². The second-order valence-electron chi connectivity index (χ2n) is 6.17. The number of tetrazole rings is 2. The maximum absolute atomic E-state index is 4.06. The molecule has 0 aliphatic rings. The molecular weight excluding hydrogens is 344 g/mol. The standard InChI is InChI=1S/C14H24N8S2/c1-11(2)9-21-13(15-17-19-21)23-7-5-6-8-24-14-16-18-20-22(14)10-12(3)4/h5-6,11-12H,7-10H2,1-4H3. The van der Waals surface area contributed by atoms with Gasteiger partial charge < -0.3 is 0 Å². The van der Waals surface area contributed by atoms with Gasteiger partial charge in [0.2, 0.25) is 10.3 Å². The zero-order valence-electron chi connectivity index (χ0n) is 14.5. The molecule has 2 aromatic heterocycles. The van der Waals surface area contributed by atoms with Crippen LogP contribution in [0.2, 0.25) is 0 Å². The summed E-state index contributed by atoms with van der Waals surface area (Å²) in [6.07, 6.45) is 4.26. The lowest BCUT2D eigenvalue weighted by Gasteiger charge is -2.05. The van der Waals surface area contributed by atoms with Gasteiger partial charge >= 0.3 is 0 Å². The highest BCUT2D eigenvalue weighted by molar-refractivity contribution is 7.99. The fourth-order valence-electron chi connectivity index (χ4n) is 1.90. The monoisotopic (exact) mass is 368 g/mol. The van der Waals surface area contributed by atoms with Crippen molar-refractivity contribution in [3.05, 3.63) is 12.2 Å². The van der Waals surface area contributed by atoms with Crippen LogP contribution in [-0.4, -0.2) is 51.9 Å². The normalized spacial score (nSPS) is 12.1. The smallest absolute Gasteiger partial charge is 0.209 e. The summed E-state index contributed by atoms with van der Waals surface area (Å²) in [5.74, 6) is 2.74. The van der Waals surface area contributed by atoms with Crippen LogP contribution >= 0.6 is 23.5 Å². The van der Waals surface area contributed by atoms with E-state index >= 15 is 0 Å². The van der Waals surface area contributed by atoms with Crippen molar-refractivity contribution in [2.24, 2.45) is 11.8 Å². The van der Waals surface area contributed by atoms with Gasteiger partial charge in [-0.05, 0) is 32.7 Å². The lowest BCUT2D eigenvalue weighted by molar-refractivity contribution is 0.446. The molecule has 132 valence electrons. The molecule has 0 fully saturated rings. The first-order valence-electron chi connectivity index (χ1n) is 7.99. The Hall–Kier alpha value is -1.42. The van der Waals surface area contributed by atoms with Crippen molar-refractivity contribution in [1.82, 2.24) is 40.4 Å². The molecule has 0 spiro atoms. The Morgan fingerprint density at radius 1 is 0.792 bits per heavy atom. The molecule has 0 unspecified atom stereocenters. The first-order chi connectivity index (χ1) is 11.6. The molecule has 0 bridgehead atoms. The Kier molecular flexibility index (Phi) is 7.70. The van der Waals surface area contributed by atoms with Crippen molar-refractivity contribution in [1.29, 1.82) is 0 Å². The molecule has 2 aromatic rings. The molecule has 24 heavy (non-hydrogen) atoms. The average molecular weight is 369 g/mol. The third kappa shape index (κ3) is 6.23. The minimum atomic E-state index is 0.525. The third-order valence-corrected chi connectivity index (χ3v) is 4.68. The summed E-state index contributed by atoms with van der Waals surface area (Å²) in [4.78, 5) is 0. The molecule has 2 heterocycles. The van der Waals surface area contributed by atoms with Crippen LogP contribution in [0.4, 0.5) is 0 Å². The first-order valence-corrected chi connectivity index (χ1v) is 9.96. The maximum Gasteiger partial charge on any atom is 0.209 e. The van der Waals surface area contributed by atoms with Crippen molar-refractivity contribution in [3.63, 3.8) is 0 Å². The second kappa shape index (κ2) is 9.77. The molecule has 10 heteroatoms. The maximum atomic E-state index is 4.06. The zero-order valence-corrected chi connectivity index (χ0v) is 16.2. The number of nitrogens with zero attached hydrogens (tertiary/aromatic N) is 8. The van der Waals surface area contributed by atoms with Gasteiger partial charge in [0, 0.05) is 24.6 Å². The van der Waals surface area contributed by atoms with Gasteiger partial charge in [0.05, 0.1) is 0 Å². The molecule has 0 aliphatic carbocycles. The van der Waals surface area contributed by atoms with E-state index in [9.17, 15) is 0 Å². The van der Waals surface area contributed by atoms with Crippen molar-refractivity contribution in [3.8, 4) is 0 Å². The Morgan fingerprint density at radius 2 is 1.21 bits per heavy atom. The molecule has 0 amide bonds. The Labute approximate surface area is 150 Å². The number of thioether (sulfide) groups is 2. The summed E-state index contributed by atoms with van der Waals surface area (Å²) >= 11 is 3.28. The van der Waals surface area contributed by atoms with E-state index in [1.165, 1.54) is 0 Å². The molecular formula is C14H24N8S2. The fraction of sp³-hybridized carbons (Fsp3) is 0.714. The third-order valence-electron chi connectivity index (χ3n) is 2.86. The van der Waals surface area contributed by atoms with Crippen molar-refractivity contribution in [2.45, 2.75) is 51.1 Å². The molecule has 0 aromatic carbocycles. The summed E-state index contributed by atoms with van der Waals surface area (Å²) in [6, 6.07) is 0. The van der Waals surface area contributed by atoms with Crippen molar-refractivity contribution < 1.29 is 0 Å². The van der Waals surface area contributed by atoms with E-state index < -0.39 is 0 Å². The van der Waals surface area contributed by atoms with Crippen molar-refractivity contribution >= 4 is 23.5 Å². The van der Waals surface area contributed by atoms with Crippen LogP contribution in [0.3, 0.4) is 0 Å². The van der Waals surface area contributed by atoms with Gasteiger partial charge in [0.15, 0.2) is 0 Å². The van der Waals surface area contributed by atoms with E-state index in [4.69, 9.17) is 0 Å². The second-order valence-corrected chi connectivity index (χ2v) is 8.14. The number of hydrogen-bond donors (Lipinski definition) is 0. The summed E-state index contributed by atoms with van der Waals surface area (Å²) in [5, 5.41) is 25.4. The molecule has 2 rings (SSSR count). The number of hydrogen-bond acceptors (Lipinski definition) is 8. The number of aromatic nitrogens is 8. The summed E-state index contributed by atoms with van der Waals surface area (Å²) < 4.78 is 3.72. The average Bonchev–Trinajstić information content (AvgIpc) is 3.11.